The van der Waals surface area contributed by atoms with Gasteiger partial charge in [0, 0.05) is 18.2 Å². The molecule has 3 rings (SSSR count). The summed E-state index contributed by atoms with van der Waals surface area (Å²) in [5, 5.41) is 2.92. The summed E-state index contributed by atoms with van der Waals surface area (Å²) >= 11 is 0. The van der Waals surface area contributed by atoms with Crippen LogP contribution in [0.1, 0.15) is 31.9 Å². The lowest BCUT2D eigenvalue weighted by molar-refractivity contribution is -0.126. The van der Waals surface area contributed by atoms with E-state index in [2.05, 4.69) is 5.32 Å². The van der Waals surface area contributed by atoms with Gasteiger partial charge >= 0.3 is 0 Å². The normalized spacial score (nSPS) is 17.2. The van der Waals surface area contributed by atoms with Crippen LogP contribution in [0.25, 0.3) is 0 Å². The van der Waals surface area contributed by atoms with Crippen molar-refractivity contribution in [2.75, 3.05) is 14.2 Å². The third kappa shape index (κ3) is 4.44. The SMILES string of the molecule is COc1ccc(S(=O)(=O)N2Cc3ccccc3C[C@@H]2C(=O)NC(C)(C)C)cc1OC. The number of carbonyl (C=O) groups is 1. The molecule has 2 aromatic rings. The monoisotopic (exact) mass is 432 g/mol. The topological polar surface area (TPSA) is 84.9 Å². The average molecular weight is 433 g/mol. The Labute approximate surface area is 178 Å². The van der Waals surface area contributed by atoms with Crippen molar-refractivity contribution in [1.82, 2.24) is 9.62 Å². The van der Waals surface area contributed by atoms with E-state index in [0.717, 1.165) is 11.1 Å². The number of fused-ring (bicyclic) bond motifs is 1. The maximum atomic E-state index is 13.6. The lowest BCUT2D eigenvalue weighted by atomic mass is 9.95. The second-order valence-electron chi connectivity index (χ2n) is 8.29. The van der Waals surface area contributed by atoms with Crippen LogP contribution >= 0.6 is 0 Å². The first kappa shape index (κ1) is 22.1. The van der Waals surface area contributed by atoms with Gasteiger partial charge in [0.05, 0.1) is 19.1 Å². The van der Waals surface area contributed by atoms with Gasteiger partial charge in [-0.05, 0) is 50.5 Å². The quantitative estimate of drug-likeness (QED) is 0.785. The molecule has 1 heterocycles. The first-order valence-corrected chi connectivity index (χ1v) is 11.1. The van der Waals surface area contributed by atoms with E-state index in [1.54, 1.807) is 6.07 Å². The molecule has 1 atom stereocenters. The van der Waals surface area contributed by atoms with Crippen molar-refractivity contribution in [2.24, 2.45) is 0 Å². The molecule has 0 aliphatic carbocycles. The van der Waals surface area contributed by atoms with Crippen LogP contribution in [0, 0.1) is 0 Å². The lowest BCUT2D eigenvalue weighted by Crippen LogP contribution is -2.55. The van der Waals surface area contributed by atoms with Gasteiger partial charge < -0.3 is 14.8 Å². The van der Waals surface area contributed by atoms with Crippen molar-refractivity contribution in [3.8, 4) is 11.5 Å². The molecular weight excluding hydrogens is 404 g/mol. The number of methoxy groups -OCH3 is 2. The zero-order chi connectivity index (χ0) is 22.1. The number of nitrogens with one attached hydrogen (secondary N) is 1. The van der Waals surface area contributed by atoms with E-state index >= 15 is 0 Å². The van der Waals surface area contributed by atoms with Crippen molar-refractivity contribution in [3.05, 3.63) is 53.6 Å². The minimum absolute atomic E-state index is 0.0492. The van der Waals surface area contributed by atoms with Crippen LogP contribution in [0.5, 0.6) is 11.5 Å². The molecular formula is C22H28N2O5S. The Kier molecular flexibility index (Phi) is 6.10. The van der Waals surface area contributed by atoms with E-state index in [0.29, 0.717) is 17.9 Å². The molecule has 7 nitrogen and oxygen atoms in total. The molecule has 0 saturated carbocycles. The molecule has 0 saturated heterocycles. The van der Waals surface area contributed by atoms with Gasteiger partial charge in [0.15, 0.2) is 11.5 Å². The predicted octanol–water partition coefficient (Wildman–Crippen LogP) is 2.73. The highest BCUT2D eigenvalue weighted by atomic mass is 32.2. The van der Waals surface area contributed by atoms with Crippen LogP contribution in [0.3, 0.4) is 0 Å². The van der Waals surface area contributed by atoms with Crippen LogP contribution in [0.4, 0.5) is 0 Å². The summed E-state index contributed by atoms with van der Waals surface area (Å²) in [4.78, 5) is 13.1. The molecule has 0 aromatic heterocycles. The fourth-order valence-corrected chi connectivity index (χ4v) is 5.12. The van der Waals surface area contributed by atoms with Gasteiger partial charge in [-0.25, -0.2) is 8.42 Å². The lowest BCUT2D eigenvalue weighted by Gasteiger charge is -2.36. The van der Waals surface area contributed by atoms with Crippen molar-refractivity contribution >= 4 is 15.9 Å². The number of hydrogen-bond donors (Lipinski definition) is 1. The largest absolute Gasteiger partial charge is 0.493 e. The van der Waals surface area contributed by atoms with E-state index < -0.39 is 21.6 Å². The summed E-state index contributed by atoms with van der Waals surface area (Å²) in [6, 6.07) is 11.2. The van der Waals surface area contributed by atoms with E-state index in [-0.39, 0.29) is 17.3 Å². The summed E-state index contributed by atoms with van der Waals surface area (Å²) in [6.45, 7) is 5.73. The number of hydrogen-bond acceptors (Lipinski definition) is 5. The number of sulfonamides is 1. The van der Waals surface area contributed by atoms with Gasteiger partial charge in [-0.2, -0.15) is 4.31 Å². The van der Waals surface area contributed by atoms with Crippen molar-refractivity contribution in [2.45, 2.75) is 50.2 Å². The van der Waals surface area contributed by atoms with Gasteiger partial charge in [0.25, 0.3) is 0 Å². The molecule has 1 N–H and O–H groups in total. The van der Waals surface area contributed by atoms with Gasteiger partial charge in [0.1, 0.15) is 6.04 Å². The summed E-state index contributed by atoms with van der Waals surface area (Å²) in [5.41, 5.74) is 1.39. The standard InChI is InChI=1S/C22H28N2O5S/c1-22(2,3)23-21(25)18-12-15-8-6-7-9-16(15)14-24(18)30(26,27)17-10-11-19(28-4)20(13-17)29-5/h6-11,13,18H,12,14H2,1-5H3,(H,23,25)/t18-/m1/s1. The number of rotatable bonds is 5. The van der Waals surface area contributed by atoms with Gasteiger partial charge in [-0.15, -0.1) is 0 Å². The van der Waals surface area contributed by atoms with E-state index in [1.807, 2.05) is 45.0 Å². The maximum absolute atomic E-state index is 13.6. The predicted molar refractivity (Wildman–Crippen MR) is 114 cm³/mol. The minimum atomic E-state index is -3.98. The molecule has 1 aliphatic heterocycles. The van der Waals surface area contributed by atoms with Crippen molar-refractivity contribution < 1.29 is 22.7 Å². The third-order valence-corrected chi connectivity index (χ3v) is 6.82. The van der Waals surface area contributed by atoms with E-state index in [1.165, 1.54) is 30.7 Å². The number of carbonyl (C=O) groups excluding carboxylic acids is 1. The summed E-state index contributed by atoms with van der Waals surface area (Å²) in [5.74, 6) is 0.426. The summed E-state index contributed by atoms with van der Waals surface area (Å²) in [7, 11) is -1.04. The van der Waals surface area contributed by atoms with Crippen LogP contribution in [0.15, 0.2) is 47.4 Å². The van der Waals surface area contributed by atoms with Crippen LogP contribution in [-0.4, -0.2) is 44.4 Å². The molecule has 0 radical (unpaired) electrons. The molecule has 0 unspecified atom stereocenters. The molecule has 162 valence electrons. The Bertz CT molecular complexity index is 1040. The first-order valence-electron chi connectivity index (χ1n) is 9.69. The third-order valence-electron chi connectivity index (χ3n) is 4.97. The highest BCUT2D eigenvalue weighted by Gasteiger charge is 2.40. The molecule has 2 aromatic carbocycles. The average Bonchev–Trinajstić information content (AvgIpc) is 2.70. The molecule has 8 heteroatoms. The number of ether oxygens (including phenoxy) is 2. The number of benzene rings is 2. The van der Waals surface area contributed by atoms with Gasteiger partial charge in [0.2, 0.25) is 15.9 Å². The second-order valence-corrected chi connectivity index (χ2v) is 10.2. The van der Waals surface area contributed by atoms with E-state index in [4.69, 9.17) is 9.47 Å². The molecule has 1 aliphatic rings. The smallest absolute Gasteiger partial charge is 0.244 e. The number of amides is 1. The molecule has 0 bridgehead atoms. The second kappa shape index (κ2) is 8.28. The maximum Gasteiger partial charge on any atom is 0.244 e. The Hall–Kier alpha value is -2.58. The molecule has 0 spiro atoms. The van der Waals surface area contributed by atoms with Gasteiger partial charge in [-0.3, -0.25) is 4.79 Å². The first-order chi connectivity index (χ1) is 14.1. The number of nitrogens with zero attached hydrogens (tertiary/aromatic N) is 1. The zero-order valence-electron chi connectivity index (χ0n) is 17.9. The molecule has 30 heavy (non-hydrogen) atoms. The summed E-state index contributed by atoms with van der Waals surface area (Å²) in [6.07, 6.45) is 0.310. The van der Waals surface area contributed by atoms with Crippen molar-refractivity contribution in [3.63, 3.8) is 0 Å². The van der Waals surface area contributed by atoms with E-state index in [9.17, 15) is 13.2 Å². The fraction of sp³-hybridized carbons (Fsp3) is 0.409. The highest BCUT2D eigenvalue weighted by molar-refractivity contribution is 7.89. The van der Waals surface area contributed by atoms with Gasteiger partial charge in [-0.1, -0.05) is 24.3 Å². The van der Waals surface area contributed by atoms with Crippen LogP contribution < -0.4 is 14.8 Å². The Balaban J connectivity index is 2.06. The highest BCUT2D eigenvalue weighted by Crippen LogP contribution is 2.34. The zero-order valence-corrected chi connectivity index (χ0v) is 18.7. The molecule has 0 fully saturated rings. The Morgan fingerprint density at radius 3 is 2.27 bits per heavy atom. The van der Waals surface area contributed by atoms with Crippen LogP contribution in [-0.2, 0) is 27.8 Å². The van der Waals surface area contributed by atoms with Crippen molar-refractivity contribution in [1.29, 1.82) is 0 Å². The fourth-order valence-electron chi connectivity index (χ4n) is 3.54. The minimum Gasteiger partial charge on any atom is -0.493 e. The Morgan fingerprint density at radius 1 is 1.03 bits per heavy atom. The molecule has 1 amide bonds. The van der Waals surface area contributed by atoms with Crippen LogP contribution in [0.2, 0.25) is 0 Å². The summed E-state index contributed by atoms with van der Waals surface area (Å²) < 4.78 is 38.9. The Morgan fingerprint density at radius 2 is 1.67 bits per heavy atom.